The molecule has 0 unspecified atom stereocenters. The molecule has 0 bridgehead atoms. The number of hydrogen-bond acceptors (Lipinski definition) is 3. The highest BCUT2D eigenvalue weighted by Gasteiger charge is 2.16. The maximum atomic E-state index is 12.4. The predicted molar refractivity (Wildman–Crippen MR) is 81.5 cm³/mol. The monoisotopic (exact) mass is 336 g/mol. The second-order valence-electron chi connectivity index (χ2n) is 4.77. The first-order chi connectivity index (χ1) is 9.43. The summed E-state index contributed by atoms with van der Waals surface area (Å²) in [6, 6.07) is 5.58. The summed E-state index contributed by atoms with van der Waals surface area (Å²) in [6.45, 7) is 6.01. The summed E-state index contributed by atoms with van der Waals surface area (Å²) in [7, 11) is 1.57. The molecule has 1 aromatic heterocycles. The Bertz CT molecular complexity index is 662. The Kier molecular flexibility index (Phi) is 4.28. The Hall–Kier alpha value is -1.62. The molecule has 106 valence electrons. The minimum atomic E-state index is -0.0139. The van der Waals surface area contributed by atoms with Crippen molar-refractivity contribution in [1.29, 1.82) is 0 Å². The van der Waals surface area contributed by atoms with Crippen LogP contribution in [0.25, 0.3) is 0 Å². The fourth-order valence-electron chi connectivity index (χ4n) is 2.08. The molecular formula is C15H17BrN2O2. The number of ketones is 1. The lowest BCUT2D eigenvalue weighted by molar-refractivity contribution is 0.0963. The van der Waals surface area contributed by atoms with E-state index in [9.17, 15) is 4.79 Å². The van der Waals surface area contributed by atoms with Gasteiger partial charge in [-0.15, -0.1) is 0 Å². The number of nitrogens with zero attached hydrogens (tertiary/aromatic N) is 2. The van der Waals surface area contributed by atoms with Crippen LogP contribution in [0.15, 0.2) is 22.7 Å². The van der Waals surface area contributed by atoms with Crippen LogP contribution in [0.5, 0.6) is 5.75 Å². The van der Waals surface area contributed by atoms with E-state index in [2.05, 4.69) is 21.0 Å². The summed E-state index contributed by atoms with van der Waals surface area (Å²) >= 11 is 3.46. The third kappa shape index (κ3) is 2.77. The predicted octanol–water partition coefficient (Wildman–Crippen LogP) is 3.46. The molecule has 0 saturated heterocycles. The summed E-state index contributed by atoms with van der Waals surface area (Å²) in [6.07, 6.45) is 0. The Balaban J connectivity index is 2.30. The number of halogens is 1. The van der Waals surface area contributed by atoms with Gasteiger partial charge in [0.15, 0.2) is 5.78 Å². The van der Waals surface area contributed by atoms with Crippen LogP contribution in [-0.2, 0) is 6.54 Å². The molecular weight excluding hydrogens is 320 g/mol. The average molecular weight is 337 g/mol. The van der Waals surface area contributed by atoms with Crippen molar-refractivity contribution in [2.75, 3.05) is 7.11 Å². The van der Waals surface area contributed by atoms with Crippen molar-refractivity contribution in [2.45, 2.75) is 27.3 Å². The van der Waals surface area contributed by atoms with Crippen molar-refractivity contribution in [2.24, 2.45) is 0 Å². The molecule has 0 N–H and O–H groups in total. The number of methoxy groups -OCH3 is 1. The van der Waals surface area contributed by atoms with Gasteiger partial charge in [-0.2, -0.15) is 5.10 Å². The van der Waals surface area contributed by atoms with Crippen LogP contribution in [0.1, 0.15) is 27.3 Å². The normalized spacial score (nSPS) is 10.7. The molecule has 0 aliphatic heterocycles. The number of aryl methyl sites for hydroxylation is 2. The van der Waals surface area contributed by atoms with Gasteiger partial charge in [0.05, 0.1) is 28.5 Å². The fourth-order valence-corrected chi connectivity index (χ4v) is 2.36. The first-order valence-corrected chi connectivity index (χ1v) is 7.10. The lowest BCUT2D eigenvalue weighted by Crippen LogP contribution is -2.14. The van der Waals surface area contributed by atoms with Gasteiger partial charge in [0.25, 0.3) is 0 Å². The van der Waals surface area contributed by atoms with Crippen LogP contribution in [0.3, 0.4) is 0 Å². The van der Waals surface area contributed by atoms with Crippen LogP contribution in [-0.4, -0.2) is 22.7 Å². The van der Waals surface area contributed by atoms with Gasteiger partial charge in [0, 0.05) is 0 Å². The number of aromatic nitrogens is 2. The molecule has 0 amide bonds. The molecule has 0 fully saturated rings. The van der Waals surface area contributed by atoms with E-state index < -0.39 is 0 Å². The fraction of sp³-hybridized carbons (Fsp3) is 0.333. The van der Waals surface area contributed by atoms with Crippen molar-refractivity contribution in [1.82, 2.24) is 9.78 Å². The SMILES string of the molecule is COc1cc(C)ccc1C(=O)Cn1nc(C)c(Br)c1C. The van der Waals surface area contributed by atoms with Crippen molar-refractivity contribution < 1.29 is 9.53 Å². The molecule has 0 atom stereocenters. The first kappa shape index (κ1) is 14.8. The molecule has 0 aliphatic rings. The van der Waals surface area contributed by atoms with Crippen LogP contribution in [0.2, 0.25) is 0 Å². The number of rotatable bonds is 4. The third-order valence-electron chi connectivity index (χ3n) is 3.24. The molecule has 20 heavy (non-hydrogen) atoms. The standard InChI is InChI=1S/C15H17BrN2O2/c1-9-5-6-12(14(7-9)20-4)13(19)8-18-11(3)15(16)10(2)17-18/h5-7H,8H2,1-4H3. The lowest BCUT2D eigenvalue weighted by Gasteiger charge is -2.09. The van der Waals surface area contributed by atoms with Crippen molar-refractivity contribution in [3.63, 3.8) is 0 Å². The molecule has 5 heteroatoms. The molecule has 0 aliphatic carbocycles. The third-order valence-corrected chi connectivity index (χ3v) is 4.39. The maximum absolute atomic E-state index is 12.4. The molecule has 0 saturated carbocycles. The zero-order valence-electron chi connectivity index (χ0n) is 12.0. The topological polar surface area (TPSA) is 44.1 Å². The summed E-state index contributed by atoms with van der Waals surface area (Å²) < 4.78 is 7.94. The van der Waals surface area contributed by atoms with Crippen molar-refractivity contribution in [3.8, 4) is 5.75 Å². The highest BCUT2D eigenvalue weighted by atomic mass is 79.9. The number of ether oxygens (including phenoxy) is 1. The summed E-state index contributed by atoms with van der Waals surface area (Å²) in [5, 5.41) is 4.36. The lowest BCUT2D eigenvalue weighted by atomic mass is 10.1. The van der Waals surface area contributed by atoms with E-state index >= 15 is 0 Å². The van der Waals surface area contributed by atoms with Gasteiger partial charge in [-0.05, 0) is 54.4 Å². The highest BCUT2D eigenvalue weighted by molar-refractivity contribution is 9.10. The molecule has 0 spiro atoms. The minimum absolute atomic E-state index is 0.0139. The van der Waals surface area contributed by atoms with Crippen LogP contribution < -0.4 is 4.74 Å². The smallest absolute Gasteiger partial charge is 0.187 e. The number of hydrogen-bond donors (Lipinski definition) is 0. The Morgan fingerprint density at radius 1 is 1.35 bits per heavy atom. The Morgan fingerprint density at radius 3 is 2.60 bits per heavy atom. The van der Waals surface area contributed by atoms with Gasteiger partial charge in [0.2, 0.25) is 0 Å². The number of Topliss-reactive ketones (excluding diaryl/α,β-unsaturated/α-hetero) is 1. The Labute approximate surface area is 126 Å². The van der Waals surface area contributed by atoms with Crippen molar-refractivity contribution in [3.05, 3.63) is 45.2 Å². The van der Waals surface area contributed by atoms with E-state index in [0.29, 0.717) is 11.3 Å². The summed E-state index contributed by atoms with van der Waals surface area (Å²) in [5.41, 5.74) is 3.47. The van der Waals surface area contributed by atoms with Gasteiger partial charge in [-0.1, -0.05) is 6.07 Å². The van der Waals surface area contributed by atoms with E-state index in [4.69, 9.17) is 4.74 Å². The van der Waals surface area contributed by atoms with Gasteiger partial charge in [-0.3, -0.25) is 9.48 Å². The van der Waals surface area contributed by atoms with E-state index in [1.807, 2.05) is 32.9 Å². The van der Waals surface area contributed by atoms with Crippen molar-refractivity contribution >= 4 is 21.7 Å². The van der Waals surface area contributed by atoms with E-state index in [-0.39, 0.29) is 12.3 Å². The number of carbonyl (C=O) groups is 1. The highest BCUT2D eigenvalue weighted by Crippen LogP contribution is 2.23. The van der Waals surface area contributed by atoms with E-state index in [1.165, 1.54) is 0 Å². The Morgan fingerprint density at radius 2 is 2.05 bits per heavy atom. The molecule has 4 nitrogen and oxygen atoms in total. The van der Waals surface area contributed by atoms with E-state index in [0.717, 1.165) is 21.4 Å². The average Bonchev–Trinajstić information content (AvgIpc) is 2.66. The zero-order chi connectivity index (χ0) is 14.9. The van der Waals surface area contributed by atoms with Crippen LogP contribution >= 0.6 is 15.9 Å². The second kappa shape index (κ2) is 5.79. The molecule has 0 radical (unpaired) electrons. The first-order valence-electron chi connectivity index (χ1n) is 6.31. The number of benzene rings is 1. The minimum Gasteiger partial charge on any atom is -0.496 e. The van der Waals surface area contributed by atoms with Gasteiger partial charge >= 0.3 is 0 Å². The molecule has 2 rings (SSSR count). The zero-order valence-corrected chi connectivity index (χ0v) is 13.6. The molecule has 2 aromatic rings. The van der Waals surface area contributed by atoms with Gasteiger partial charge < -0.3 is 4.74 Å². The van der Waals surface area contributed by atoms with E-state index in [1.54, 1.807) is 17.9 Å². The largest absolute Gasteiger partial charge is 0.496 e. The van der Waals surface area contributed by atoms with Crippen LogP contribution in [0.4, 0.5) is 0 Å². The quantitative estimate of drug-likeness (QED) is 0.803. The van der Waals surface area contributed by atoms with Crippen LogP contribution in [0, 0.1) is 20.8 Å². The molecule has 1 heterocycles. The summed E-state index contributed by atoms with van der Waals surface area (Å²) in [4.78, 5) is 12.4. The van der Waals surface area contributed by atoms with Gasteiger partial charge in [-0.25, -0.2) is 0 Å². The second-order valence-corrected chi connectivity index (χ2v) is 5.56. The van der Waals surface area contributed by atoms with Gasteiger partial charge in [0.1, 0.15) is 12.3 Å². The number of carbonyl (C=O) groups excluding carboxylic acids is 1. The maximum Gasteiger partial charge on any atom is 0.187 e. The molecule has 1 aromatic carbocycles. The summed E-state index contributed by atoms with van der Waals surface area (Å²) in [5.74, 6) is 0.593.